The lowest BCUT2D eigenvalue weighted by atomic mass is 10.1. The number of likely N-dealkylation sites (N-methyl/N-ethyl adjacent to an activating group) is 1. The quantitative estimate of drug-likeness (QED) is 0.622. The van der Waals surface area contributed by atoms with Crippen LogP contribution in [0.5, 0.6) is 5.75 Å². The number of amidine groups is 1. The lowest BCUT2D eigenvalue weighted by Crippen LogP contribution is -2.35. The van der Waals surface area contributed by atoms with E-state index in [2.05, 4.69) is 31.7 Å². The van der Waals surface area contributed by atoms with Crippen LogP contribution in [0.1, 0.15) is 5.56 Å². The Hall–Kier alpha value is -3.10. The summed E-state index contributed by atoms with van der Waals surface area (Å²) in [7, 11) is 4.04. The largest absolute Gasteiger partial charge is 0.492 e. The number of nitrogens with zero attached hydrogens (tertiary/aromatic N) is 3. The lowest BCUT2D eigenvalue weighted by molar-refractivity contribution is 0.261. The first-order chi connectivity index (χ1) is 12.7. The summed E-state index contributed by atoms with van der Waals surface area (Å²) in [5, 5.41) is 9.21. The van der Waals surface area contributed by atoms with Gasteiger partial charge in [-0.3, -0.25) is 5.43 Å². The number of ether oxygens (including phenoxy) is 1. The maximum atomic E-state index is 5.74. The number of hydrazone groups is 1. The maximum Gasteiger partial charge on any atom is 0.174 e. The van der Waals surface area contributed by atoms with Crippen molar-refractivity contribution in [3.8, 4) is 17.1 Å². The molecule has 0 saturated carbocycles. The predicted molar refractivity (Wildman–Crippen MR) is 99.4 cm³/mol. The second-order valence-corrected chi connectivity index (χ2v) is 6.24. The first kappa shape index (κ1) is 16.4. The Labute approximate surface area is 150 Å². The molecule has 2 heterocycles. The number of aromatic nitrogens is 1. The number of rotatable bonds is 6. The molecule has 0 radical (unpaired) electrons. The molecule has 0 saturated heterocycles. The summed E-state index contributed by atoms with van der Waals surface area (Å²) < 4.78 is 11.3. The van der Waals surface area contributed by atoms with E-state index in [1.54, 1.807) is 0 Å². The van der Waals surface area contributed by atoms with Crippen LogP contribution in [0.4, 0.5) is 0 Å². The van der Waals surface area contributed by atoms with Crippen molar-refractivity contribution in [1.82, 2.24) is 26.6 Å². The number of hydrogen-bond acceptors (Lipinski definition) is 8. The van der Waals surface area contributed by atoms with Crippen molar-refractivity contribution in [2.24, 2.45) is 5.10 Å². The molecule has 4 rings (SSSR count). The van der Waals surface area contributed by atoms with E-state index in [9.17, 15) is 0 Å². The van der Waals surface area contributed by atoms with Gasteiger partial charge in [-0.05, 0) is 56.6 Å². The van der Waals surface area contributed by atoms with Crippen LogP contribution in [0.15, 0.2) is 52.1 Å². The van der Waals surface area contributed by atoms with Crippen molar-refractivity contribution >= 4 is 16.7 Å². The summed E-state index contributed by atoms with van der Waals surface area (Å²) >= 11 is 0. The summed E-state index contributed by atoms with van der Waals surface area (Å²) in [5.41, 5.74) is 11.0. The van der Waals surface area contributed by atoms with Crippen molar-refractivity contribution in [3.63, 3.8) is 0 Å². The Balaban J connectivity index is 1.58. The first-order valence-electron chi connectivity index (χ1n) is 8.32. The fraction of sp³-hybridized carbons (Fsp3) is 0.222. The van der Waals surface area contributed by atoms with E-state index in [0.717, 1.165) is 40.1 Å². The number of hydrazine groups is 2. The van der Waals surface area contributed by atoms with Crippen LogP contribution < -0.4 is 21.2 Å². The van der Waals surface area contributed by atoms with E-state index in [0.29, 0.717) is 12.4 Å². The molecule has 2 aromatic carbocycles. The van der Waals surface area contributed by atoms with Gasteiger partial charge in [-0.15, -0.1) is 10.6 Å². The van der Waals surface area contributed by atoms with Crippen LogP contribution in [-0.2, 0) is 0 Å². The van der Waals surface area contributed by atoms with Gasteiger partial charge in [-0.2, -0.15) is 0 Å². The zero-order chi connectivity index (χ0) is 17.9. The van der Waals surface area contributed by atoms with Crippen LogP contribution >= 0.6 is 0 Å². The van der Waals surface area contributed by atoms with Crippen LogP contribution in [0, 0.1) is 0 Å². The standard InChI is InChI=1S/C18H20N6O2/c1-24(2)9-10-25-14-6-3-12(4-7-14)17-15-11-13(18-19-22-23-20-18)5-8-16(15)21-26-17/h3-8,11,22-23H,9-10H2,1-2H3,(H,19,20). The van der Waals surface area contributed by atoms with Gasteiger partial charge in [0, 0.05) is 17.7 Å². The highest BCUT2D eigenvalue weighted by atomic mass is 16.5. The van der Waals surface area contributed by atoms with E-state index >= 15 is 0 Å². The van der Waals surface area contributed by atoms with Crippen molar-refractivity contribution in [2.45, 2.75) is 0 Å². The van der Waals surface area contributed by atoms with Gasteiger partial charge in [0.25, 0.3) is 0 Å². The van der Waals surface area contributed by atoms with E-state index in [-0.39, 0.29) is 0 Å². The molecular formula is C18H20N6O2. The number of fused-ring (bicyclic) bond motifs is 1. The van der Waals surface area contributed by atoms with Crippen LogP contribution in [0.2, 0.25) is 0 Å². The molecule has 0 unspecified atom stereocenters. The third-order valence-corrected chi connectivity index (χ3v) is 4.08. The average Bonchev–Trinajstić information content (AvgIpc) is 3.31. The molecule has 134 valence electrons. The molecular weight excluding hydrogens is 332 g/mol. The van der Waals surface area contributed by atoms with E-state index in [1.165, 1.54) is 0 Å². The third kappa shape index (κ3) is 3.32. The van der Waals surface area contributed by atoms with Gasteiger partial charge in [-0.25, -0.2) is 5.53 Å². The minimum atomic E-state index is 0.651. The highest BCUT2D eigenvalue weighted by Gasteiger charge is 2.14. The zero-order valence-electron chi connectivity index (χ0n) is 14.6. The molecule has 1 aliphatic heterocycles. The molecule has 0 aliphatic carbocycles. The van der Waals surface area contributed by atoms with E-state index in [1.807, 2.05) is 56.6 Å². The minimum absolute atomic E-state index is 0.651. The first-order valence-corrected chi connectivity index (χ1v) is 8.32. The highest BCUT2D eigenvalue weighted by Crippen LogP contribution is 2.30. The Morgan fingerprint density at radius 2 is 1.88 bits per heavy atom. The van der Waals surface area contributed by atoms with Crippen molar-refractivity contribution < 1.29 is 9.26 Å². The topological polar surface area (TPSA) is 87.0 Å². The van der Waals surface area contributed by atoms with Crippen molar-refractivity contribution in [2.75, 3.05) is 27.2 Å². The molecule has 26 heavy (non-hydrogen) atoms. The zero-order valence-corrected chi connectivity index (χ0v) is 14.6. The monoisotopic (exact) mass is 352 g/mol. The Kier molecular flexibility index (Phi) is 4.42. The lowest BCUT2D eigenvalue weighted by Gasteiger charge is -2.11. The summed E-state index contributed by atoms with van der Waals surface area (Å²) in [6.45, 7) is 1.52. The number of hydrogen-bond donors (Lipinski definition) is 3. The molecule has 0 bridgehead atoms. The van der Waals surface area contributed by atoms with Crippen LogP contribution in [0.3, 0.4) is 0 Å². The van der Waals surface area contributed by atoms with E-state index in [4.69, 9.17) is 9.26 Å². The van der Waals surface area contributed by atoms with Gasteiger partial charge >= 0.3 is 0 Å². The second kappa shape index (κ2) is 7.03. The number of nitrogens with one attached hydrogen (secondary N) is 3. The maximum absolute atomic E-state index is 5.74. The number of benzene rings is 2. The van der Waals surface area contributed by atoms with E-state index < -0.39 is 0 Å². The highest BCUT2D eigenvalue weighted by molar-refractivity contribution is 6.03. The molecule has 1 aromatic heterocycles. The molecule has 1 aliphatic rings. The molecule has 0 atom stereocenters. The van der Waals surface area contributed by atoms with Gasteiger partial charge < -0.3 is 14.2 Å². The normalized spacial score (nSPS) is 13.6. The van der Waals surface area contributed by atoms with Gasteiger partial charge in [0.05, 0.1) is 5.39 Å². The van der Waals surface area contributed by atoms with Crippen LogP contribution in [0.25, 0.3) is 22.2 Å². The van der Waals surface area contributed by atoms with Gasteiger partial charge in [-0.1, -0.05) is 5.16 Å². The molecule has 0 amide bonds. The third-order valence-electron chi connectivity index (χ3n) is 4.08. The second-order valence-electron chi connectivity index (χ2n) is 6.24. The average molecular weight is 352 g/mol. The Bertz CT molecular complexity index is 933. The molecule has 3 N–H and O–H groups in total. The molecule has 0 fully saturated rings. The van der Waals surface area contributed by atoms with Gasteiger partial charge in [0.15, 0.2) is 11.6 Å². The molecule has 8 heteroatoms. The summed E-state index contributed by atoms with van der Waals surface area (Å²) in [6, 6.07) is 13.7. The Morgan fingerprint density at radius 3 is 2.62 bits per heavy atom. The van der Waals surface area contributed by atoms with Crippen molar-refractivity contribution in [1.29, 1.82) is 0 Å². The minimum Gasteiger partial charge on any atom is -0.492 e. The van der Waals surface area contributed by atoms with Gasteiger partial charge in [0.2, 0.25) is 0 Å². The summed E-state index contributed by atoms with van der Waals surface area (Å²) in [6.07, 6.45) is 0. The Morgan fingerprint density at radius 1 is 1.08 bits per heavy atom. The summed E-state index contributed by atoms with van der Waals surface area (Å²) in [5.74, 6) is 2.27. The van der Waals surface area contributed by atoms with Crippen LogP contribution in [-0.4, -0.2) is 43.1 Å². The fourth-order valence-electron chi connectivity index (χ4n) is 2.68. The molecule has 8 nitrogen and oxygen atoms in total. The summed E-state index contributed by atoms with van der Waals surface area (Å²) in [4.78, 5) is 2.08. The van der Waals surface area contributed by atoms with Crippen molar-refractivity contribution in [3.05, 3.63) is 48.0 Å². The predicted octanol–water partition coefficient (Wildman–Crippen LogP) is 1.71. The fourth-order valence-corrected chi connectivity index (χ4v) is 2.68. The van der Waals surface area contributed by atoms with Gasteiger partial charge in [0.1, 0.15) is 17.9 Å². The SMILES string of the molecule is CN(C)CCOc1ccc(-c2onc3ccc(C4=NNNN4)cc23)cc1. The smallest absolute Gasteiger partial charge is 0.174 e. The molecule has 0 spiro atoms. The molecule has 3 aromatic rings.